The molecule has 4 heteroatoms. The third-order valence-electron chi connectivity index (χ3n) is 3.23. The number of nitrogens with zero attached hydrogens (tertiary/aromatic N) is 1. The lowest BCUT2D eigenvalue weighted by molar-refractivity contribution is 0.261. The zero-order valence-electron chi connectivity index (χ0n) is 11.1. The summed E-state index contributed by atoms with van der Waals surface area (Å²) < 4.78 is 5.43. The van der Waals surface area contributed by atoms with Gasteiger partial charge in [0.25, 0.3) is 0 Å². The van der Waals surface area contributed by atoms with E-state index in [1.54, 1.807) is 0 Å². The second-order valence-electron chi connectivity index (χ2n) is 4.82. The first-order valence-electron chi connectivity index (χ1n) is 6.56. The van der Waals surface area contributed by atoms with E-state index < -0.39 is 0 Å². The molecule has 1 saturated heterocycles. The topological polar surface area (TPSA) is 24.5 Å². The van der Waals surface area contributed by atoms with E-state index in [0.717, 1.165) is 18.0 Å². The molecular formula is C14H21ClN2O. The lowest BCUT2D eigenvalue weighted by Crippen LogP contribution is -2.39. The Bertz CT molecular complexity index is 397. The molecule has 2 rings (SSSR count). The van der Waals surface area contributed by atoms with Crippen molar-refractivity contribution >= 4 is 17.3 Å². The van der Waals surface area contributed by atoms with Gasteiger partial charge >= 0.3 is 0 Å². The zero-order chi connectivity index (χ0) is 13.0. The van der Waals surface area contributed by atoms with Gasteiger partial charge in [0.05, 0.1) is 11.6 Å². The van der Waals surface area contributed by atoms with E-state index >= 15 is 0 Å². The van der Waals surface area contributed by atoms with Crippen LogP contribution in [0.3, 0.4) is 0 Å². The highest BCUT2D eigenvalue weighted by atomic mass is 35.5. The predicted octanol–water partition coefficient (Wildman–Crippen LogP) is 3.24. The van der Waals surface area contributed by atoms with Crippen molar-refractivity contribution in [3.8, 4) is 5.75 Å². The van der Waals surface area contributed by atoms with E-state index in [1.165, 1.54) is 19.4 Å². The van der Waals surface area contributed by atoms with Gasteiger partial charge in [-0.1, -0.05) is 11.6 Å². The number of anilines is 1. The molecule has 1 aliphatic rings. The molecule has 0 aromatic heterocycles. The summed E-state index contributed by atoms with van der Waals surface area (Å²) in [7, 11) is 2.17. The van der Waals surface area contributed by atoms with Crippen molar-refractivity contribution in [3.63, 3.8) is 0 Å². The molecular weight excluding hydrogens is 248 g/mol. The highest BCUT2D eigenvalue weighted by Crippen LogP contribution is 2.28. The summed E-state index contributed by atoms with van der Waals surface area (Å²) in [6.45, 7) is 4.88. The molecule has 1 atom stereocenters. The number of halogens is 1. The highest BCUT2D eigenvalue weighted by Gasteiger charge is 2.17. The number of rotatable bonds is 4. The van der Waals surface area contributed by atoms with Crippen LogP contribution < -0.4 is 10.1 Å². The minimum absolute atomic E-state index is 0.512. The average molecular weight is 269 g/mol. The molecule has 0 saturated carbocycles. The van der Waals surface area contributed by atoms with Gasteiger partial charge in [-0.15, -0.1) is 0 Å². The molecule has 1 aromatic carbocycles. The van der Waals surface area contributed by atoms with Gasteiger partial charge in [-0.25, -0.2) is 0 Å². The lowest BCUT2D eigenvalue weighted by atomic mass is 10.1. The Morgan fingerprint density at radius 3 is 3.00 bits per heavy atom. The molecule has 0 radical (unpaired) electrons. The van der Waals surface area contributed by atoms with Crippen LogP contribution in [0.2, 0.25) is 5.02 Å². The van der Waals surface area contributed by atoms with Crippen LogP contribution in [-0.2, 0) is 0 Å². The quantitative estimate of drug-likeness (QED) is 0.907. The van der Waals surface area contributed by atoms with Crippen molar-refractivity contribution in [1.82, 2.24) is 4.90 Å². The number of likely N-dealkylation sites (tertiary alicyclic amines) is 1. The Labute approximate surface area is 114 Å². The fourth-order valence-corrected chi connectivity index (χ4v) is 2.62. The first-order chi connectivity index (χ1) is 8.69. The summed E-state index contributed by atoms with van der Waals surface area (Å²) in [6.07, 6.45) is 2.47. The molecule has 1 aromatic rings. The molecule has 100 valence electrons. The number of piperidine rings is 1. The number of nitrogens with one attached hydrogen (secondary N) is 1. The maximum Gasteiger partial charge on any atom is 0.138 e. The van der Waals surface area contributed by atoms with Crippen LogP contribution in [0, 0.1) is 0 Å². The average Bonchev–Trinajstić information content (AvgIpc) is 2.33. The predicted molar refractivity (Wildman–Crippen MR) is 76.8 cm³/mol. The maximum absolute atomic E-state index is 6.18. The smallest absolute Gasteiger partial charge is 0.138 e. The summed E-state index contributed by atoms with van der Waals surface area (Å²) in [4.78, 5) is 2.36. The summed E-state index contributed by atoms with van der Waals surface area (Å²) in [5.74, 6) is 0.755. The Morgan fingerprint density at radius 1 is 1.50 bits per heavy atom. The Kier molecular flexibility index (Phi) is 4.72. The van der Waals surface area contributed by atoms with E-state index in [1.807, 2.05) is 25.1 Å². The van der Waals surface area contributed by atoms with E-state index in [4.69, 9.17) is 16.3 Å². The van der Waals surface area contributed by atoms with Crippen LogP contribution in [-0.4, -0.2) is 37.7 Å². The molecule has 0 spiro atoms. The van der Waals surface area contributed by atoms with Crippen LogP contribution in [0.15, 0.2) is 18.2 Å². The third kappa shape index (κ3) is 3.53. The summed E-state index contributed by atoms with van der Waals surface area (Å²) in [6, 6.07) is 6.42. The van der Waals surface area contributed by atoms with E-state index in [0.29, 0.717) is 17.7 Å². The second-order valence-corrected chi connectivity index (χ2v) is 5.23. The Morgan fingerprint density at radius 2 is 2.33 bits per heavy atom. The molecule has 1 fully saturated rings. The first-order valence-corrected chi connectivity index (χ1v) is 6.94. The Hall–Kier alpha value is -0.930. The largest absolute Gasteiger partial charge is 0.492 e. The number of benzene rings is 1. The third-order valence-corrected chi connectivity index (χ3v) is 3.52. The van der Waals surface area contributed by atoms with Gasteiger partial charge in [0, 0.05) is 18.3 Å². The molecule has 0 amide bonds. The molecule has 1 N–H and O–H groups in total. The maximum atomic E-state index is 6.18. The first kappa shape index (κ1) is 13.5. The van der Waals surface area contributed by atoms with Crippen LogP contribution in [0.1, 0.15) is 19.8 Å². The van der Waals surface area contributed by atoms with Crippen molar-refractivity contribution in [1.29, 1.82) is 0 Å². The van der Waals surface area contributed by atoms with Crippen molar-refractivity contribution in [2.24, 2.45) is 0 Å². The van der Waals surface area contributed by atoms with Gasteiger partial charge < -0.3 is 15.0 Å². The van der Waals surface area contributed by atoms with E-state index in [9.17, 15) is 0 Å². The van der Waals surface area contributed by atoms with Crippen molar-refractivity contribution in [2.45, 2.75) is 25.8 Å². The second kappa shape index (κ2) is 6.30. The van der Waals surface area contributed by atoms with Gasteiger partial charge in [-0.2, -0.15) is 0 Å². The fraction of sp³-hybridized carbons (Fsp3) is 0.571. The molecule has 1 aliphatic heterocycles. The summed E-state index contributed by atoms with van der Waals surface area (Å²) in [5, 5.41) is 4.21. The standard InChI is InChI=1S/C14H21ClN2O/c1-3-18-14-7-6-11(9-13(14)15)16-12-5-4-8-17(2)10-12/h6-7,9,12,16H,3-5,8,10H2,1-2H3. The van der Waals surface area contributed by atoms with Gasteiger partial charge in [0.15, 0.2) is 0 Å². The van der Waals surface area contributed by atoms with Gasteiger partial charge in [0.2, 0.25) is 0 Å². The Balaban J connectivity index is 1.99. The number of ether oxygens (including phenoxy) is 1. The minimum atomic E-state index is 0.512. The molecule has 0 bridgehead atoms. The van der Waals surface area contributed by atoms with Crippen molar-refractivity contribution in [2.75, 3.05) is 32.1 Å². The lowest BCUT2D eigenvalue weighted by Gasteiger charge is -2.31. The fourth-order valence-electron chi connectivity index (χ4n) is 2.38. The number of likely N-dealkylation sites (N-methyl/N-ethyl adjacent to an activating group) is 1. The molecule has 1 unspecified atom stereocenters. The van der Waals surface area contributed by atoms with Gasteiger partial charge in [-0.3, -0.25) is 0 Å². The zero-order valence-corrected chi connectivity index (χ0v) is 11.8. The normalized spacial score (nSPS) is 20.7. The minimum Gasteiger partial charge on any atom is -0.492 e. The van der Waals surface area contributed by atoms with Crippen molar-refractivity contribution in [3.05, 3.63) is 23.2 Å². The SMILES string of the molecule is CCOc1ccc(NC2CCCN(C)C2)cc1Cl. The summed E-state index contributed by atoms with van der Waals surface area (Å²) in [5.41, 5.74) is 1.07. The number of hydrogen-bond acceptors (Lipinski definition) is 3. The van der Waals surface area contributed by atoms with Crippen LogP contribution in [0.4, 0.5) is 5.69 Å². The van der Waals surface area contributed by atoms with Crippen LogP contribution in [0.25, 0.3) is 0 Å². The van der Waals surface area contributed by atoms with Gasteiger partial charge in [-0.05, 0) is 51.6 Å². The van der Waals surface area contributed by atoms with Crippen LogP contribution in [0.5, 0.6) is 5.75 Å². The summed E-state index contributed by atoms with van der Waals surface area (Å²) >= 11 is 6.18. The van der Waals surface area contributed by atoms with E-state index in [-0.39, 0.29) is 0 Å². The van der Waals surface area contributed by atoms with Crippen LogP contribution >= 0.6 is 11.6 Å². The van der Waals surface area contributed by atoms with Crippen molar-refractivity contribution < 1.29 is 4.74 Å². The highest BCUT2D eigenvalue weighted by molar-refractivity contribution is 6.32. The van der Waals surface area contributed by atoms with E-state index in [2.05, 4.69) is 17.3 Å². The molecule has 18 heavy (non-hydrogen) atoms. The monoisotopic (exact) mass is 268 g/mol. The van der Waals surface area contributed by atoms with Gasteiger partial charge in [0.1, 0.15) is 5.75 Å². The molecule has 3 nitrogen and oxygen atoms in total. The molecule has 1 heterocycles. The molecule has 0 aliphatic carbocycles. The number of hydrogen-bond donors (Lipinski definition) is 1.